The van der Waals surface area contributed by atoms with Gasteiger partial charge in [0.25, 0.3) is 0 Å². The molecule has 0 radical (unpaired) electrons. The summed E-state index contributed by atoms with van der Waals surface area (Å²) in [6.45, 7) is 9.62. The van der Waals surface area contributed by atoms with Crippen molar-refractivity contribution < 1.29 is 0 Å². The van der Waals surface area contributed by atoms with Crippen LogP contribution < -0.4 is 4.90 Å². The molecule has 0 aliphatic carbocycles. The second-order valence-corrected chi connectivity index (χ2v) is 4.51. The Morgan fingerprint density at radius 3 is 2.27 bits per heavy atom. The number of anilines is 1. The van der Waals surface area contributed by atoms with Gasteiger partial charge in [-0.05, 0) is 13.3 Å². The molecule has 0 unspecified atom stereocenters. The summed E-state index contributed by atoms with van der Waals surface area (Å²) < 4.78 is 0. The molecule has 0 amide bonds. The van der Waals surface area contributed by atoms with Crippen molar-refractivity contribution >= 4 is 5.82 Å². The van der Waals surface area contributed by atoms with Gasteiger partial charge in [-0.25, -0.2) is 4.98 Å². The van der Waals surface area contributed by atoms with E-state index in [4.69, 9.17) is 0 Å². The summed E-state index contributed by atoms with van der Waals surface area (Å²) >= 11 is 0. The third-order valence-electron chi connectivity index (χ3n) is 3.08. The lowest BCUT2D eigenvalue weighted by Crippen LogP contribution is -2.21. The minimum absolute atomic E-state index is 0.121. The van der Waals surface area contributed by atoms with E-state index in [2.05, 4.69) is 42.6 Å². The Hall–Kier alpha value is -1.12. The van der Waals surface area contributed by atoms with Crippen LogP contribution in [0.2, 0.25) is 0 Å². The molecular weight excluding hydrogens is 186 g/mol. The van der Waals surface area contributed by atoms with E-state index in [1.807, 2.05) is 19.4 Å². The van der Waals surface area contributed by atoms with Crippen molar-refractivity contribution in [3.8, 4) is 0 Å². The smallest absolute Gasteiger partial charge is 0.146 e. The highest BCUT2D eigenvalue weighted by atomic mass is 15.2. The molecule has 0 saturated heterocycles. The molecule has 1 heterocycles. The third kappa shape index (κ3) is 2.67. The Labute approximate surface area is 92.6 Å². The maximum absolute atomic E-state index is 4.49. The largest absolute Gasteiger partial charge is 0.359 e. The Bertz CT molecular complexity index is 303. The van der Waals surface area contributed by atoms with Crippen LogP contribution in [0.1, 0.15) is 39.8 Å². The van der Waals surface area contributed by atoms with Gasteiger partial charge < -0.3 is 4.90 Å². The number of hydrogen-bond donors (Lipinski definition) is 0. The van der Waals surface area contributed by atoms with E-state index in [1.165, 1.54) is 0 Å². The van der Waals surface area contributed by atoms with Crippen molar-refractivity contribution in [2.45, 2.75) is 39.5 Å². The van der Waals surface area contributed by atoms with Crippen LogP contribution >= 0.6 is 0 Å². The molecule has 3 heteroatoms. The summed E-state index contributed by atoms with van der Waals surface area (Å²) in [7, 11) is 2.02. The summed E-state index contributed by atoms with van der Waals surface area (Å²) in [6, 6.07) is 0. The molecule has 84 valence electrons. The van der Waals surface area contributed by atoms with Crippen LogP contribution in [0.3, 0.4) is 0 Å². The average molecular weight is 207 g/mol. The van der Waals surface area contributed by atoms with Gasteiger partial charge in [0.15, 0.2) is 0 Å². The predicted octanol–water partition coefficient (Wildman–Crippen LogP) is 2.62. The molecule has 3 nitrogen and oxygen atoms in total. The predicted molar refractivity (Wildman–Crippen MR) is 64.3 cm³/mol. The highest BCUT2D eigenvalue weighted by Gasteiger charge is 2.20. The van der Waals surface area contributed by atoms with Crippen LogP contribution in [0, 0.1) is 0 Å². The van der Waals surface area contributed by atoms with E-state index in [1.54, 1.807) is 0 Å². The van der Waals surface area contributed by atoms with Gasteiger partial charge in [0.2, 0.25) is 0 Å². The van der Waals surface area contributed by atoms with Crippen molar-refractivity contribution in [2.75, 3.05) is 18.5 Å². The lowest BCUT2D eigenvalue weighted by atomic mass is 9.87. The van der Waals surface area contributed by atoms with Gasteiger partial charge in [-0.2, -0.15) is 0 Å². The molecule has 0 N–H and O–H groups in total. The zero-order chi connectivity index (χ0) is 11.5. The Morgan fingerprint density at radius 1 is 1.20 bits per heavy atom. The Balaban J connectivity index is 2.90. The molecule has 1 rings (SSSR count). The van der Waals surface area contributed by atoms with E-state index < -0.39 is 0 Å². The fraction of sp³-hybridized carbons (Fsp3) is 0.667. The van der Waals surface area contributed by atoms with Gasteiger partial charge in [0, 0.05) is 19.0 Å². The lowest BCUT2D eigenvalue weighted by Gasteiger charge is -2.22. The zero-order valence-corrected chi connectivity index (χ0v) is 10.4. The molecule has 0 bridgehead atoms. The highest BCUT2D eigenvalue weighted by Crippen LogP contribution is 2.24. The number of rotatable bonds is 4. The van der Waals surface area contributed by atoms with E-state index in [0.29, 0.717) is 0 Å². The topological polar surface area (TPSA) is 29.0 Å². The summed E-state index contributed by atoms with van der Waals surface area (Å²) in [6.07, 6.45) is 4.83. The van der Waals surface area contributed by atoms with Crippen molar-refractivity contribution in [2.24, 2.45) is 0 Å². The quantitative estimate of drug-likeness (QED) is 0.760. The van der Waals surface area contributed by atoms with Crippen LogP contribution in [-0.4, -0.2) is 23.6 Å². The second kappa shape index (κ2) is 4.60. The van der Waals surface area contributed by atoms with Gasteiger partial charge in [0.1, 0.15) is 5.82 Å². The summed E-state index contributed by atoms with van der Waals surface area (Å²) in [4.78, 5) is 11.0. The van der Waals surface area contributed by atoms with E-state index in [9.17, 15) is 0 Å². The van der Waals surface area contributed by atoms with Crippen LogP contribution in [0.4, 0.5) is 5.82 Å². The standard InChI is InChI=1S/C12H21N3/c1-6-12(3,4)10-8-14-11(9-13-10)15(5)7-2/h8-9H,6-7H2,1-5H3. The van der Waals surface area contributed by atoms with E-state index >= 15 is 0 Å². The van der Waals surface area contributed by atoms with E-state index in [-0.39, 0.29) is 5.41 Å². The lowest BCUT2D eigenvalue weighted by molar-refractivity contribution is 0.488. The van der Waals surface area contributed by atoms with Crippen LogP contribution in [0.15, 0.2) is 12.4 Å². The van der Waals surface area contributed by atoms with Crippen LogP contribution in [0.5, 0.6) is 0 Å². The minimum atomic E-state index is 0.121. The van der Waals surface area contributed by atoms with Gasteiger partial charge >= 0.3 is 0 Å². The molecule has 0 aromatic carbocycles. The molecule has 0 fully saturated rings. The Kier molecular flexibility index (Phi) is 3.66. The molecule has 0 atom stereocenters. The SMILES string of the molecule is CCN(C)c1cnc(C(C)(C)CC)cn1. The monoisotopic (exact) mass is 207 g/mol. The van der Waals surface area contributed by atoms with Crippen molar-refractivity contribution in [1.82, 2.24) is 9.97 Å². The first kappa shape index (κ1) is 12.0. The van der Waals surface area contributed by atoms with Gasteiger partial charge in [0.05, 0.1) is 18.1 Å². The van der Waals surface area contributed by atoms with E-state index in [0.717, 1.165) is 24.5 Å². The molecule has 0 saturated carbocycles. The summed E-state index contributed by atoms with van der Waals surface area (Å²) in [5.41, 5.74) is 1.19. The van der Waals surface area contributed by atoms with Crippen molar-refractivity contribution in [1.29, 1.82) is 0 Å². The Morgan fingerprint density at radius 2 is 1.87 bits per heavy atom. The molecule has 0 spiro atoms. The maximum Gasteiger partial charge on any atom is 0.146 e. The van der Waals surface area contributed by atoms with Gasteiger partial charge in [-0.1, -0.05) is 20.8 Å². The maximum atomic E-state index is 4.49. The van der Waals surface area contributed by atoms with Crippen molar-refractivity contribution in [3.63, 3.8) is 0 Å². The normalized spacial score (nSPS) is 11.5. The summed E-state index contributed by atoms with van der Waals surface area (Å²) in [5, 5.41) is 0. The minimum Gasteiger partial charge on any atom is -0.359 e. The first-order valence-electron chi connectivity index (χ1n) is 5.55. The molecular formula is C12H21N3. The van der Waals surface area contributed by atoms with Crippen LogP contribution in [-0.2, 0) is 5.41 Å². The highest BCUT2D eigenvalue weighted by molar-refractivity contribution is 5.34. The molecule has 15 heavy (non-hydrogen) atoms. The molecule has 1 aromatic heterocycles. The van der Waals surface area contributed by atoms with Crippen LogP contribution in [0.25, 0.3) is 0 Å². The molecule has 1 aromatic rings. The first-order valence-corrected chi connectivity index (χ1v) is 5.55. The fourth-order valence-corrected chi connectivity index (χ4v) is 1.21. The molecule has 0 aliphatic heterocycles. The fourth-order valence-electron chi connectivity index (χ4n) is 1.21. The van der Waals surface area contributed by atoms with Gasteiger partial charge in [-0.3, -0.25) is 4.98 Å². The number of aromatic nitrogens is 2. The van der Waals surface area contributed by atoms with Crippen molar-refractivity contribution in [3.05, 3.63) is 18.1 Å². The van der Waals surface area contributed by atoms with Gasteiger partial charge in [-0.15, -0.1) is 0 Å². The third-order valence-corrected chi connectivity index (χ3v) is 3.08. The first-order chi connectivity index (χ1) is 7.01. The number of nitrogens with zero attached hydrogens (tertiary/aromatic N) is 3. The zero-order valence-electron chi connectivity index (χ0n) is 10.4. The second-order valence-electron chi connectivity index (χ2n) is 4.51. The summed E-state index contributed by atoms with van der Waals surface area (Å²) in [5.74, 6) is 0.938. The number of hydrogen-bond acceptors (Lipinski definition) is 3. The molecule has 0 aliphatic rings. The average Bonchev–Trinajstić information content (AvgIpc) is 2.28.